The Morgan fingerprint density at radius 3 is 2.22 bits per heavy atom. The number of halogens is 3. The van der Waals surface area contributed by atoms with Gasteiger partial charge in [-0.2, -0.15) is 13.2 Å². The number of alkyl halides is 3. The molecular formula is C19H11F3O5. The second kappa shape index (κ2) is 6.64. The first kappa shape index (κ1) is 18.2. The summed E-state index contributed by atoms with van der Waals surface area (Å²) in [6.07, 6.45) is -3.14. The molecule has 27 heavy (non-hydrogen) atoms. The van der Waals surface area contributed by atoms with Crippen molar-refractivity contribution in [1.29, 1.82) is 0 Å². The summed E-state index contributed by atoms with van der Waals surface area (Å²) < 4.78 is 55.8. The summed E-state index contributed by atoms with van der Waals surface area (Å²) in [4.78, 5) is 22.6. The maximum Gasteiger partial charge on any atom is 0.423 e. The minimum Gasteiger partial charge on any atom is -0.455 e. The third kappa shape index (κ3) is 3.41. The lowest BCUT2D eigenvalue weighted by molar-refractivity contribution is -0.140. The predicted octanol–water partition coefficient (Wildman–Crippen LogP) is 4.79. The van der Waals surface area contributed by atoms with Gasteiger partial charge in [-0.05, 0) is 24.3 Å². The van der Waals surface area contributed by atoms with Crippen LogP contribution in [-0.4, -0.2) is 11.9 Å². The molecule has 0 aliphatic rings. The molecule has 0 fully saturated rings. The maximum atomic E-state index is 13.6. The lowest BCUT2D eigenvalue weighted by Gasteiger charge is -2.12. The first-order valence-corrected chi connectivity index (χ1v) is 7.49. The lowest BCUT2D eigenvalue weighted by Crippen LogP contribution is -2.12. The third-order valence-electron chi connectivity index (χ3n) is 3.62. The van der Waals surface area contributed by atoms with Gasteiger partial charge in [-0.15, -0.1) is 0 Å². The van der Waals surface area contributed by atoms with Gasteiger partial charge in [0.15, 0.2) is 5.58 Å². The maximum absolute atomic E-state index is 13.6. The molecule has 2 aromatic carbocycles. The van der Waals surface area contributed by atoms with Crippen LogP contribution in [0.1, 0.15) is 5.56 Å². The fraction of sp³-hybridized carbons (Fsp3) is 0.0526. The molecule has 0 amide bonds. The molecular weight excluding hydrogens is 365 g/mol. The fourth-order valence-electron chi connectivity index (χ4n) is 2.53. The molecule has 0 unspecified atom stereocenters. The van der Waals surface area contributed by atoms with Gasteiger partial charge in [0.2, 0.25) is 0 Å². The Morgan fingerprint density at radius 2 is 1.59 bits per heavy atom. The summed E-state index contributed by atoms with van der Waals surface area (Å²) in [7, 11) is 0. The molecule has 138 valence electrons. The number of rotatable bonds is 4. The van der Waals surface area contributed by atoms with Gasteiger partial charge in [-0.25, -0.2) is 9.59 Å². The fourth-order valence-corrected chi connectivity index (χ4v) is 2.53. The summed E-state index contributed by atoms with van der Waals surface area (Å²) >= 11 is 0. The van der Waals surface area contributed by atoms with Crippen LogP contribution in [-0.2, 0) is 15.8 Å². The van der Waals surface area contributed by atoms with Crippen molar-refractivity contribution >= 4 is 33.9 Å². The number of fused-ring (bicyclic) bond motifs is 3. The Hall–Kier alpha value is -3.55. The van der Waals surface area contributed by atoms with Gasteiger partial charge in [0.1, 0.15) is 22.6 Å². The highest BCUT2D eigenvalue weighted by Crippen LogP contribution is 2.44. The Balaban J connectivity index is 2.23. The molecule has 0 N–H and O–H groups in total. The average molecular weight is 376 g/mol. The van der Waals surface area contributed by atoms with Crippen LogP contribution in [0.2, 0.25) is 0 Å². The zero-order valence-electron chi connectivity index (χ0n) is 13.6. The Morgan fingerprint density at radius 1 is 0.963 bits per heavy atom. The van der Waals surface area contributed by atoms with E-state index in [1.807, 2.05) is 0 Å². The SMILES string of the molecule is C=CC(=O)Oc1ccc2c(c1)oc1c(C(F)(F)F)c(OC(=O)C=C)ccc12. The third-order valence-corrected chi connectivity index (χ3v) is 3.62. The molecule has 1 heterocycles. The zero-order valence-corrected chi connectivity index (χ0v) is 13.6. The van der Waals surface area contributed by atoms with Crippen molar-refractivity contribution in [2.45, 2.75) is 6.18 Å². The number of carbonyl (C=O) groups is 2. The molecule has 0 aliphatic heterocycles. The molecule has 8 heteroatoms. The van der Waals surface area contributed by atoms with Crippen molar-refractivity contribution in [2.24, 2.45) is 0 Å². The van der Waals surface area contributed by atoms with E-state index in [2.05, 4.69) is 13.2 Å². The molecule has 0 atom stereocenters. The van der Waals surface area contributed by atoms with Crippen molar-refractivity contribution in [3.8, 4) is 11.5 Å². The van der Waals surface area contributed by atoms with Crippen LogP contribution < -0.4 is 9.47 Å². The monoisotopic (exact) mass is 376 g/mol. The van der Waals surface area contributed by atoms with E-state index in [1.165, 1.54) is 24.3 Å². The number of furan rings is 1. The van der Waals surface area contributed by atoms with Crippen molar-refractivity contribution in [2.75, 3.05) is 0 Å². The number of benzene rings is 2. The number of hydrogen-bond donors (Lipinski definition) is 0. The minimum atomic E-state index is -4.84. The van der Waals surface area contributed by atoms with Crippen LogP contribution >= 0.6 is 0 Å². The van der Waals surface area contributed by atoms with E-state index in [-0.39, 0.29) is 16.7 Å². The zero-order chi connectivity index (χ0) is 19.8. The van der Waals surface area contributed by atoms with Crippen molar-refractivity contribution in [1.82, 2.24) is 0 Å². The van der Waals surface area contributed by atoms with Crippen LogP contribution in [0.3, 0.4) is 0 Å². The van der Waals surface area contributed by atoms with E-state index in [9.17, 15) is 22.8 Å². The molecule has 3 aromatic rings. The quantitative estimate of drug-likeness (QED) is 0.372. The first-order chi connectivity index (χ1) is 12.7. The van der Waals surface area contributed by atoms with Gasteiger partial charge in [0.25, 0.3) is 0 Å². The molecule has 0 spiro atoms. The van der Waals surface area contributed by atoms with E-state index in [0.29, 0.717) is 5.39 Å². The number of hydrogen-bond acceptors (Lipinski definition) is 5. The molecule has 0 bridgehead atoms. The molecule has 0 saturated carbocycles. The summed E-state index contributed by atoms with van der Waals surface area (Å²) in [5.41, 5.74) is -1.66. The summed E-state index contributed by atoms with van der Waals surface area (Å²) in [6, 6.07) is 6.54. The first-order valence-electron chi connectivity index (χ1n) is 7.49. The Kier molecular flexibility index (Phi) is 4.49. The number of carbonyl (C=O) groups excluding carboxylic acids is 2. The van der Waals surface area contributed by atoms with Crippen LogP contribution in [0.15, 0.2) is 60.1 Å². The smallest absolute Gasteiger partial charge is 0.423 e. The predicted molar refractivity (Wildman–Crippen MR) is 90.4 cm³/mol. The van der Waals surface area contributed by atoms with E-state index in [1.54, 1.807) is 0 Å². The highest BCUT2D eigenvalue weighted by Gasteiger charge is 2.39. The van der Waals surface area contributed by atoms with Gasteiger partial charge in [-0.3, -0.25) is 0 Å². The molecule has 5 nitrogen and oxygen atoms in total. The van der Waals surface area contributed by atoms with Gasteiger partial charge >= 0.3 is 18.1 Å². The Labute approximate surface area is 150 Å². The highest BCUT2D eigenvalue weighted by molar-refractivity contribution is 6.07. The van der Waals surface area contributed by atoms with Crippen molar-refractivity contribution in [3.63, 3.8) is 0 Å². The van der Waals surface area contributed by atoms with Crippen LogP contribution in [0.4, 0.5) is 13.2 Å². The highest BCUT2D eigenvalue weighted by atomic mass is 19.4. The van der Waals surface area contributed by atoms with E-state index in [4.69, 9.17) is 13.9 Å². The van der Waals surface area contributed by atoms with Crippen LogP contribution in [0.25, 0.3) is 21.9 Å². The average Bonchev–Trinajstić information content (AvgIpc) is 2.97. The van der Waals surface area contributed by atoms with Crippen LogP contribution in [0.5, 0.6) is 11.5 Å². The second-order valence-electron chi connectivity index (χ2n) is 5.32. The summed E-state index contributed by atoms with van der Waals surface area (Å²) in [5.74, 6) is -2.37. The standard InChI is InChI=1S/C19H11F3O5/c1-3-15(23)25-10-5-6-11-12-7-8-13(26-16(24)4-2)17(19(20,21)22)18(12)27-14(11)9-10/h3-9H,1-2H2. The summed E-state index contributed by atoms with van der Waals surface area (Å²) in [6.45, 7) is 6.42. The van der Waals surface area contributed by atoms with Gasteiger partial charge < -0.3 is 13.9 Å². The van der Waals surface area contributed by atoms with Crippen molar-refractivity contribution in [3.05, 3.63) is 61.2 Å². The largest absolute Gasteiger partial charge is 0.455 e. The number of ether oxygens (including phenoxy) is 2. The molecule has 0 aliphatic carbocycles. The van der Waals surface area contributed by atoms with Crippen molar-refractivity contribution < 1.29 is 36.7 Å². The summed E-state index contributed by atoms with van der Waals surface area (Å²) in [5, 5.41) is 0.535. The van der Waals surface area contributed by atoms with Gasteiger partial charge in [0.05, 0.1) is 0 Å². The lowest BCUT2D eigenvalue weighted by atomic mass is 10.1. The molecule has 0 radical (unpaired) electrons. The van der Waals surface area contributed by atoms with Gasteiger partial charge in [-0.1, -0.05) is 13.2 Å². The molecule has 3 rings (SSSR count). The minimum absolute atomic E-state index is 0.0667. The van der Waals surface area contributed by atoms with E-state index in [0.717, 1.165) is 18.2 Å². The second-order valence-corrected chi connectivity index (χ2v) is 5.32. The topological polar surface area (TPSA) is 65.7 Å². The molecule has 1 aromatic heterocycles. The van der Waals surface area contributed by atoms with E-state index >= 15 is 0 Å². The molecule has 0 saturated heterocycles. The van der Waals surface area contributed by atoms with Crippen LogP contribution in [0, 0.1) is 0 Å². The van der Waals surface area contributed by atoms with Gasteiger partial charge in [0, 0.05) is 29.0 Å². The Bertz CT molecular complexity index is 1090. The van der Waals surface area contributed by atoms with E-state index < -0.39 is 35.0 Å². The number of esters is 2. The normalized spacial score (nSPS) is 11.4.